The predicted octanol–water partition coefficient (Wildman–Crippen LogP) is -0.835. The third kappa shape index (κ3) is 4.07. The highest BCUT2D eigenvalue weighted by molar-refractivity contribution is 5.87. The number of rotatable bonds is 5. The van der Waals surface area contributed by atoms with Crippen molar-refractivity contribution in [2.24, 2.45) is 0 Å². The van der Waals surface area contributed by atoms with E-state index in [-0.39, 0.29) is 12.2 Å². The Bertz CT molecular complexity index is 177. The van der Waals surface area contributed by atoms with Crippen molar-refractivity contribution in [2.45, 2.75) is 19.4 Å². The van der Waals surface area contributed by atoms with Crippen LogP contribution in [0.25, 0.3) is 0 Å². The second kappa shape index (κ2) is 4.43. The number of nitrogens with one attached hydrogen (secondary N) is 1. The zero-order chi connectivity index (χ0) is 8.85. The van der Waals surface area contributed by atoms with Gasteiger partial charge in [-0.3, -0.25) is 14.4 Å². The molecule has 0 aliphatic carbocycles. The molecule has 62 valence electrons. The Kier molecular flexibility index (Phi) is 3.87. The molecular weight excluding hydrogens is 150 g/mol. The molecule has 0 bridgehead atoms. The molecule has 0 aromatic heterocycles. The van der Waals surface area contributed by atoms with Crippen LogP contribution in [0.5, 0.6) is 0 Å². The first kappa shape index (κ1) is 9.61. The molecule has 0 radical (unpaired) electrons. The Morgan fingerprint density at radius 3 is 2.45 bits per heavy atom. The first-order valence-corrected chi connectivity index (χ1v) is 3.00. The Hall–Kier alpha value is -1.39. The number of aliphatic carboxylic acids is 1. The first-order valence-electron chi connectivity index (χ1n) is 3.00. The van der Waals surface area contributed by atoms with Crippen LogP contribution in [0.4, 0.5) is 0 Å². The van der Waals surface area contributed by atoms with Gasteiger partial charge in [0.25, 0.3) is 0 Å². The average molecular weight is 159 g/mol. The van der Waals surface area contributed by atoms with Crippen LogP contribution in [-0.4, -0.2) is 29.3 Å². The lowest BCUT2D eigenvalue weighted by molar-refractivity contribution is -0.139. The molecule has 0 saturated carbocycles. The molecule has 0 aromatic carbocycles. The van der Waals surface area contributed by atoms with E-state index < -0.39 is 12.0 Å². The molecule has 0 spiro atoms. The van der Waals surface area contributed by atoms with E-state index in [0.29, 0.717) is 6.41 Å². The van der Waals surface area contributed by atoms with E-state index in [0.717, 1.165) is 0 Å². The molecule has 0 unspecified atom stereocenters. The normalized spacial score (nSPS) is 11.7. The van der Waals surface area contributed by atoms with Crippen LogP contribution < -0.4 is 5.32 Å². The lowest BCUT2D eigenvalue weighted by Crippen LogP contribution is -2.36. The molecule has 0 rings (SSSR count). The van der Waals surface area contributed by atoms with E-state index in [1.165, 1.54) is 6.92 Å². The first-order chi connectivity index (χ1) is 5.07. The van der Waals surface area contributed by atoms with E-state index in [4.69, 9.17) is 5.11 Å². The predicted molar refractivity (Wildman–Crippen MR) is 35.9 cm³/mol. The number of Topliss-reactive ketones (excluding diaryl/α,β-unsaturated/α-hetero) is 1. The summed E-state index contributed by atoms with van der Waals surface area (Å²) in [6, 6.07) is -0.898. The third-order valence-electron chi connectivity index (χ3n) is 1.14. The Balaban J connectivity index is 3.99. The van der Waals surface area contributed by atoms with Gasteiger partial charge in [-0.15, -0.1) is 0 Å². The highest BCUT2D eigenvalue weighted by Gasteiger charge is 2.15. The van der Waals surface area contributed by atoms with Crippen molar-refractivity contribution in [3.63, 3.8) is 0 Å². The van der Waals surface area contributed by atoms with E-state index >= 15 is 0 Å². The number of carbonyl (C=O) groups is 3. The Morgan fingerprint density at radius 2 is 2.18 bits per heavy atom. The zero-order valence-corrected chi connectivity index (χ0v) is 6.03. The summed E-state index contributed by atoms with van der Waals surface area (Å²) in [7, 11) is 0. The second-order valence-electron chi connectivity index (χ2n) is 2.05. The summed E-state index contributed by atoms with van der Waals surface area (Å²) in [5.41, 5.74) is 0. The van der Waals surface area contributed by atoms with E-state index in [2.05, 4.69) is 5.32 Å². The fourth-order valence-corrected chi connectivity index (χ4v) is 0.577. The average Bonchev–Trinajstić information content (AvgIpc) is 1.86. The second-order valence-corrected chi connectivity index (χ2v) is 2.05. The maximum atomic E-state index is 10.6. The van der Waals surface area contributed by atoms with Gasteiger partial charge in [-0.25, -0.2) is 0 Å². The lowest BCUT2D eigenvalue weighted by Gasteiger charge is -2.08. The number of carboxylic acid groups (broad SMARTS) is 1. The summed E-state index contributed by atoms with van der Waals surface area (Å²) in [6.45, 7) is 1.23. The van der Waals surface area contributed by atoms with Crippen molar-refractivity contribution >= 4 is 18.2 Å². The van der Waals surface area contributed by atoms with Crippen molar-refractivity contribution < 1.29 is 19.5 Å². The van der Waals surface area contributed by atoms with Crippen molar-refractivity contribution in [1.82, 2.24) is 5.32 Å². The fraction of sp³-hybridized carbons (Fsp3) is 0.500. The van der Waals surface area contributed by atoms with Crippen LogP contribution in [0, 0.1) is 0 Å². The van der Waals surface area contributed by atoms with Crippen molar-refractivity contribution in [3.8, 4) is 0 Å². The minimum absolute atomic E-state index is 0.314. The number of hydrogen-bond acceptors (Lipinski definition) is 3. The topological polar surface area (TPSA) is 83.5 Å². The molecule has 1 amide bonds. The molecule has 11 heavy (non-hydrogen) atoms. The van der Waals surface area contributed by atoms with Crippen molar-refractivity contribution in [1.29, 1.82) is 0 Å². The SMILES string of the molecule is CC(=O)[C@H](CC(=O)O)NC=O. The Morgan fingerprint density at radius 1 is 1.64 bits per heavy atom. The number of amides is 1. The molecule has 0 fully saturated rings. The van der Waals surface area contributed by atoms with Gasteiger partial charge in [0, 0.05) is 0 Å². The van der Waals surface area contributed by atoms with Gasteiger partial charge in [-0.2, -0.15) is 0 Å². The van der Waals surface area contributed by atoms with E-state index in [1.54, 1.807) is 0 Å². The number of ketones is 1. The van der Waals surface area contributed by atoms with Gasteiger partial charge in [0.05, 0.1) is 12.5 Å². The summed E-state index contributed by atoms with van der Waals surface area (Å²) in [6.07, 6.45) is -0.0525. The summed E-state index contributed by atoms with van der Waals surface area (Å²) < 4.78 is 0. The molecule has 0 aromatic rings. The maximum Gasteiger partial charge on any atom is 0.305 e. The van der Waals surface area contributed by atoms with Crippen molar-refractivity contribution in [2.75, 3.05) is 0 Å². The standard InChI is InChI=1S/C6H9NO4/c1-4(9)5(7-3-8)2-6(10)11/h3,5H,2H2,1H3,(H,7,8)(H,10,11)/t5-/m0/s1. The van der Waals surface area contributed by atoms with E-state index in [1.807, 2.05) is 0 Å². The number of carbonyl (C=O) groups excluding carboxylic acids is 2. The van der Waals surface area contributed by atoms with Crippen LogP contribution in [0.2, 0.25) is 0 Å². The maximum absolute atomic E-state index is 10.6. The lowest BCUT2D eigenvalue weighted by atomic mass is 10.1. The highest BCUT2D eigenvalue weighted by Crippen LogP contribution is 1.91. The van der Waals surface area contributed by atoms with Gasteiger partial charge in [0.2, 0.25) is 6.41 Å². The molecule has 5 nitrogen and oxygen atoms in total. The minimum atomic E-state index is -1.11. The summed E-state index contributed by atoms with van der Waals surface area (Å²) in [4.78, 5) is 30.5. The van der Waals surface area contributed by atoms with Crippen LogP contribution in [-0.2, 0) is 14.4 Å². The van der Waals surface area contributed by atoms with Gasteiger partial charge >= 0.3 is 5.97 Å². The zero-order valence-electron chi connectivity index (χ0n) is 6.03. The van der Waals surface area contributed by atoms with Crippen LogP contribution in [0.3, 0.4) is 0 Å². The minimum Gasteiger partial charge on any atom is -0.481 e. The van der Waals surface area contributed by atoms with Crippen LogP contribution >= 0.6 is 0 Å². The molecule has 2 N–H and O–H groups in total. The smallest absolute Gasteiger partial charge is 0.305 e. The molecule has 0 saturated heterocycles. The largest absolute Gasteiger partial charge is 0.481 e. The molecule has 1 atom stereocenters. The van der Waals surface area contributed by atoms with Crippen LogP contribution in [0.15, 0.2) is 0 Å². The number of hydrogen-bond donors (Lipinski definition) is 2. The number of carboxylic acids is 1. The van der Waals surface area contributed by atoms with Crippen molar-refractivity contribution in [3.05, 3.63) is 0 Å². The quantitative estimate of drug-likeness (QED) is 0.512. The molecule has 0 aliphatic rings. The molecule has 0 aliphatic heterocycles. The van der Waals surface area contributed by atoms with Gasteiger partial charge in [0.15, 0.2) is 5.78 Å². The molecule has 5 heteroatoms. The Labute approximate surface area is 63.4 Å². The summed E-state index contributed by atoms with van der Waals surface area (Å²) in [5.74, 6) is -1.47. The fourth-order valence-electron chi connectivity index (χ4n) is 0.577. The molecular formula is C6H9NO4. The summed E-state index contributed by atoms with van der Waals surface area (Å²) >= 11 is 0. The van der Waals surface area contributed by atoms with Gasteiger partial charge in [0.1, 0.15) is 0 Å². The highest BCUT2D eigenvalue weighted by atomic mass is 16.4. The van der Waals surface area contributed by atoms with E-state index in [9.17, 15) is 14.4 Å². The summed E-state index contributed by atoms with van der Waals surface area (Å²) in [5, 5.41) is 10.4. The molecule has 0 heterocycles. The van der Waals surface area contributed by atoms with Crippen LogP contribution in [0.1, 0.15) is 13.3 Å². The van der Waals surface area contributed by atoms with Gasteiger partial charge in [-0.1, -0.05) is 0 Å². The monoisotopic (exact) mass is 159 g/mol. The van der Waals surface area contributed by atoms with Gasteiger partial charge < -0.3 is 10.4 Å². The third-order valence-corrected chi connectivity index (χ3v) is 1.14. The van der Waals surface area contributed by atoms with Gasteiger partial charge in [-0.05, 0) is 6.92 Å².